The summed E-state index contributed by atoms with van der Waals surface area (Å²) in [5, 5.41) is 1.95. The van der Waals surface area contributed by atoms with E-state index in [-0.39, 0.29) is 11.2 Å². The van der Waals surface area contributed by atoms with Gasteiger partial charge >= 0.3 is 0 Å². The molecule has 0 N–H and O–H groups in total. The predicted molar refractivity (Wildman–Crippen MR) is 80.7 cm³/mol. The van der Waals surface area contributed by atoms with Crippen LogP contribution in [0.5, 0.6) is 0 Å². The highest BCUT2D eigenvalue weighted by Gasteiger charge is 2.13. The molecule has 96 valence electrons. The minimum absolute atomic E-state index is 0.101. The fourth-order valence-electron chi connectivity index (χ4n) is 1.66. The minimum Gasteiger partial charge on any atom is -0.279 e. The van der Waals surface area contributed by atoms with Crippen molar-refractivity contribution in [1.29, 1.82) is 0 Å². The number of thiophene rings is 1. The van der Waals surface area contributed by atoms with E-state index in [1.165, 1.54) is 5.56 Å². The van der Waals surface area contributed by atoms with Crippen molar-refractivity contribution in [3.8, 4) is 11.8 Å². The van der Waals surface area contributed by atoms with E-state index in [1.54, 1.807) is 11.3 Å². The highest BCUT2D eigenvalue weighted by molar-refractivity contribution is 7.10. The third-order valence-corrected chi connectivity index (χ3v) is 3.62. The Morgan fingerprint density at radius 1 is 1.11 bits per heavy atom. The number of carbonyl (C=O) groups is 1. The summed E-state index contributed by atoms with van der Waals surface area (Å²) in [6.07, 6.45) is 0. The van der Waals surface area contributed by atoms with Crippen LogP contribution in [-0.4, -0.2) is 5.78 Å². The summed E-state index contributed by atoms with van der Waals surface area (Å²) in [7, 11) is 0. The van der Waals surface area contributed by atoms with Gasteiger partial charge in [-0.3, -0.25) is 4.79 Å². The van der Waals surface area contributed by atoms with Gasteiger partial charge in [0.2, 0.25) is 5.78 Å². The molecule has 0 aliphatic carbocycles. The van der Waals surface area contributed by atoms with Crippen LogP contribution in [-0.2, 0) is 5.41 Å². The molecule has 0 amide bonds. The van der Waals surface area contributed by atoms with Crippen molar-refractivity contribution < 1.29 is 4.79 Å². The molecule has 0 aliphatic rings. The molecule has 1 aromatic carbocycles. The first kappa shape index (κ1) is 13.6. The largest absolute Gasteiger partial charge is 0.279 e. The molecule has 0 bridgehead atoms. The van der Waals surface area contributed by atoms with E-state index in [0.29, 0.717) is 5.56 Å². The van der Waals surface area contributed by atoms with Crippen molar-refractivity contribution in [1.82, 2.24) is 0 Å². The van der Waals surface area contributed by atoms with Crippen molar-refractivity contribution >= 4 is 17.1 Å². The second-order valence-electron chi connectivity index (χ2n) is 5.38. The number of hydrogen-bond donors (Lipinski definition) is 0. The molecule has 2 rings (SSSR count). The Kier molecular flexibility index (Phi) is 3.87. The third kappa shape index (κ3) is 3.56. The first-order valence-corrected chi connectivity index (χ1v) is 7.05. The molecule has 1 nitrogen and oxygen atoms in total. The normalized spacial score (nSPS) is 10.7. The van der Waals surface area contributed by atoms with E-state index in [9.17, 15) is 4.79 Å². The SMILES string of the molecule is CC(C)(C)c1ccc(C(=O)C#Cc2cccs2)cc1. The third-order valence-electron chi connectivity index (χ3n) is 2.83. The Labute approximate surface area is 118 Å². The van der Waals surface area contributed by atoms with Crippen LogP contribution in [0.25, 0.3) is 0 Å². The van der Waals surface area contributed by atoms with Crippen molar-refractivity contribution in [2.75, 3.05) is 0 Å². The van der Waals surface area contributed by atoms with E-state index in [1.807, 2.05) is 41.8 Å². The molecule has 0 saturated carbocycles. The summed E-state index contributed by atoms with van der Waals surface area (Å²) in [6, 6.07) is 11.5. The molecule has 2 heteroatoms. The molecule has 1 aromatic heterocycles. The lowest BCUT2D eigenvalue weighted by molar-refractivity contribution is 0.105. The molecule has 19 heavy (non-hydrogen) atoms. The second-order valence-corrected chi connectivity index (χ2v) is 6.33. The fourth-order valence-corrected chi connectivity index (χ4v) is 2.23. The highest BCUT2D eigenvalue weighted by atomic mass is 32.1. The quantitative estimate of drug-likeness (QED) is 0.557. The summed E-state index contributed by atoms with van der Waals surface area (Å²) in [6.45, 7) is 6.46. The van der Waals surface area contributed by atoms with Gasteiger partial charge in [0.15, 0.2) is 0 Å². The van der Waals surface area contributed by atoms with Gasteiger partial charge in [0.1, 0.15) is 0 Å². The molecule has 0 saturated heterocycles. The van der Waals surface area contributed by atoms with E-state index in [4.69, 9.17) is 0 Å². The van der Waals surface area contributed by atoms with Crippen LogP contribution in [0.3, 0.4) is 0 Å². The van der Waals surface area contributed by atoms with Crippen LogP contribution >= 0.6 is 11.3 Å². The average molecular weight is 268 g/mol. The lowest BCUT2D eigenvalue weighted by atomic mass is 9.86. The Hall–Kier alpha value is -1.85. The van der Waals surface area contributed by atoms with Crippen molar-refractivity contribution in [3.05, 3.63) is 57.8 Å². The van der Waals surface area contributed by atoms with Gasteiger partial charge in [-0.1, -0.05) is 51.1 Å². The van der Waals surface area contributed by atoms with E-state index >= 15 is 0 Å². The molecule has 0 aliphatic heterocycles. The first-order chi connectivity index (χ1) is 8.97. The maximum absolute atomic E-state index is 11.9. The molecule has 0 spiro atoms. The van der Waals surface area contributed by atoms with Gasteiger partial charge in [-0.25, -0.2) is 0 Å². The van der Waals surface area contributed by atoms with Gasteiger partial charge in [-0.15, -0.1) is 11.3 Å². The molecular weight excluding hydrogens is 252 g/mol. The molecule has 0 radical (unpaired) electrons. The monoisotopic (exact) mass is 268 g/mol. The summed E-state index contributed by atoms with van der Waals surface area (Å²) >= 11 is 1.54. The maximum atomic E-state index is 11.9. The standard InChI is InChI=1S/C17H16OS/c1-17(2,3)14-8-6-13(7-9-14)16(18)11-10-15-5-4-12-19-15/h4-9,12H,1-3H3. The number of hydrogen-bond acceptors (Lipinski definition) is 2. The summed E-state index contributed by atoms with van der Waals surface area (Å²) in [5.41, 5.74) is 1.97. The highest BCUT2D eigenvalue weighted by Crippen LogP contribution is 2.22. The maximum Gasteiger partial charge on any atom is 0.236 e. The van der Waals surface area contributed by atoms with Crippen LogP contribution in [0.4, 0.5) is 0 Å². The number of rotatable bonds is 1. The number of ketones is 1. The minimum atomic E-state index is -0.131. The fraction of sp³-hybridized carbons (Fsp3) is 0.235. The molecule has 0 fully saturated rings. The Bertz CT molecular complexity index is 617. The molecule has 0 unspecified atom stereocenters. The van der Waals surface area contributed by atoms with Crippen molar-refractivity contribution in [2.45, 2.75) is 26.2 Å². The van der Waals surface area contributed by atoms with Gasteiger partial charge in [0, 0.05) is 5.56 Å². The molecule has 2 aromatic rings. The Balaban J connectivity index is 2.17. The predicted octanol–water partition coefficient (Wildman–Crippen LogP) is 4.28. The zero-order chi connectivity index (χ0) is 13.9. The van der Waals surface area contributed by atoms with Gasteiger partial charge in [0.05, 0.1) is 4.88 Å². The average Bonchev–Trinajstić information content (AvgIpc) is 2.88. The zero-order valence-corrected chi connectivity index (χ0v) is 12.2. The van der Waals surface area contributed by atoms with Crippen LogP contribution in [0.15, 0.2) is 41.8 Å². The molecule has 0 atom stereocenters. The summed E-state index contributed by atoms with van der Waals surface area (Å²) in [5.74, 6) is 5.44. The van der Waals surface area contributed by atoms with E-state index in [2.05, 4.69) is 32.6 Å². The van der Waals surface area contributed by atoms with Crippen LogP contribution in [0.2, 0.25) is 0 Å². The summed E-state index contributed by atoms with van der Waals surface area (Å²) in [4.78, 5) is 12.8. The lowest BCUT2D eigenvalue weighted by Crippen LogP contribution is -2.11. The Morgan fingerprint density at radius 3 is 2.32 bits per heavy atom. The lowest BCUT2D eigenvalue weighted by Gasteiger charge is -2.18. The van der Waals surface area contributed by atoms with Gasteiger partial charge in [-0.2, -0.15) is 0 Å². The number of carbonyl (C=O) groups excluding carboxylic acids is 1. The van der Waals surface area contributed by atoms with Crippen LogP contribution in [0.1, 0.15) is 41.6 Å². The summed E-state index contributed by atoms with van der Waals surface area (Å²) < 4.78 is 0. The van der Waals surface area contributed by atoms with Crippen LogP contribution in [0, 0.1) is 11.8 Å². The van der Waals surface area contributed by atoms with E-state index < -0.39 is 0 Å². The van der Waals surface area contributed by atoms with Gasteiger partial charge in [0.25, 0.3) is 0 Å². The number of Topliss-reactive ketones (excluding diaryl/α,β-unsaturated/α-hetero) is 1. The second kappa shape index (κ2) is 5.42. The first-order valence-electron chi connectivity index (χ1n) is 6.17. The van der Waals surface area contributed by atoms with E-state index in [0.717, 1.165) is 4.88 Å². The Morgan fingerprint density at radius 2 is 1.79 bits per heavy atom. The molecule has 1 heterocycles. The smallest absolute Gasteiger partial charge is 0.236 e. The van der Waals surface area contributed by atoms with Gasteiger partial charge < -0.3 is 0 Å². The number of benzene rings is 1. The van der Waals surface area contributed by atoms with Crippen LogP contribution < -0.4 is 0 Å². The molecular formula is C17H16OS. The van der Waals surface area contributed by atoms with Crippen molar-refractivity contribution in [3.63, 3.8) is 0 Å². The topological polar surface area (TPSA) is 17.1 Å². The van der Waals surface area contributed by atoms with Gasteiger partial charge in [-0.05, 0) is 34.3 Å². The zero-order valence-electron chi connectivity index (χ0n) is 11.4. The van der Waals surface area contributed by atoms with Crippen molar-refractivity contribution in [2.24, 2.45) is 0 Å².